The molecule has 0 aromatic heterocycles. The summed E-state index contributed by atoms with van der Waals surface area (Å²) < 4.78 is -0.665. The number of aliphatic hydroxyl groups excluding tert-OH is 1. The Morgan fingerprint density at radius 1 is 1.10 bits per heavy atom. The molecular formula is C33H54BrN3O4S. The van der Waals surface area contributed by atoms with Crippen molar-refractivity contribution in [2.75, 3.05) is 32.8 Å². The van der Waals surface area contributed by atoms with E-state index in [1.807, 2.05) is 14.7 Å². The fourth-order valence-corrected chi connectivity index (χ4v) is 11.5. The molecule has 0 aromatic carbocycles. The summed E-state index contributed by atoms with van der Waals surface area (Å²) >= 11 is 5.61. The van der Waals surface area contributed by atoms with Gasteiger partial charge in [-0.05, 0) is 51.4 Å². The van der Waals surface area contributed by atoms with Gasteiger partial charge >= 0.3 is 0 Å². The average Bonchev–Trinajstić information content (AvgIpc) is 3.48. The van der Waals surface area contributed by atoms with E-state index in [1.54, 1.807) is 23.9 Å². The highest BCUT2D eigenvalue weighted by Crippen LogP contribution is 2.68. The van der Waals surface area contributed by atoms with Crippen LogP contribution >= 0.6 is 27.7 Å². The summed E-state index contributed by atoms with van der Waals surface area (Å²) in [6, 6.07) is -0.640. The van der Waals surface area contributed by atoms with Crippen LogP contribution in [0.25, 0.3) is 0 Å². The fraction of sp³-hybridized carbons (Fsp3) is 0.788. The molecule has 2 bridgehead atoms. The van der Waals surface area contributed by atoms with Crippen molar-refractivity contribution in [2.45, 2.75) is 113 Å². The lowest BCUT2D eigenvalue weighted by Gasteiger charge is -2.46. The number of thioether (sulfide) groups is 1. The highest BCUT2D eigenvalue weighted by atomic mass is 79.9. The van der Waals surface area contributed by atoms with E-state index in [9.17, 15) is 19.5 Å². The number of hydrogen-bond acceptors (Lipinski definition) is 5. The molecule has 3 saturated heterocycles. The second-order valence-corrected chi connectivity index (χ2v) is 16.9. The van der Waals surface area contributed by atoms with Crippen LogP contribution in [0.4, 0.5) is 0 Å². The van der Waals surface area contributed by atoms with Crippen molar-refractivity contribution in [1.29, 1.82) is 0 Å². The second kappa shape index (κ2) is 14.2. The molecule has 7 nitrogen and oxygen atoms in total. The lowest BCUT2D eigenvalue weighted by atomic mass is 9.70. The molecule has 238 valence electrons. The number of halogens is 1. The Bertz CT molecular complexity index is 1010. The number of aliphatic hydroxyl groups is 1. The smallest absolute Gasteiger partial charge is 0.247 e. The predicted octanol–water partition coefficient (Wildman–Crippen LogP) is 5.66. The molecule has 3 heterocycles. The van der Waals surface area contributed by atoms with Crippen LogP contribution in [0.3, 0.4) is 0 Å². The van der Waals surface area contributed by atoms with Gasteiger partial charge in [0.15, 0.2) is 0 Å². The van der Waals surface area contributed by atoms with Crippen LogP contribution in [-0.2, 0) is 14.4 Å². The zero-order valence-corrected chi connectivity index (χ0v) is 29.1. The van der Waals surface area contributed by atoms with Gasteiger partial charge in [-0.1, -0.05) is 68.6 Å². The Hall–Kier alpha value is -1.32. The number of carbonyl (C=O) groups excluding carboxylic acids is 3. The number of rotatable bonds is 16. The van der Waals surface area contributed by atoms with E-state index in [-0.39, 0.29) is 39.8 Å². The quantitative estimate of drug-likeness (QED) is 0.131. The maximum absolute atomic E-state index is 14.9. The van der Waals surface area contributed by atoms with Crippen LogP contribution in [0.15, 0.2) is 25.3 Å². The molecule has 0 aromatic rings. The zero-order chi connectivity index (χ0) is 31.5. The third kappa shape index (κ3) is 6.98. The fourth-order valence-electron chi connectivity index (χ4n) is 7.91. The summed E-state index contributed by atoms with van der Waals surface area (Å²) in [7, 11) is 0. The lowest BCUT2D eigenvalue weighted by Crippen LogP contribution is -2.60. The number of nitrogens with zero attached hydrogens (tertiary/aromatic N) is 3. The molecule has 9 heteroatoms. The third-order valence-electron chi connectivity index (χ3n) is 9.04. The minimum absolute atomic E-state index is 0.00513. The number of unbranched alkanes of at least 4 members (excludes halogenated alkanes) is 3. The van der Waals surface area contributed by atoms with Gasteiger partial charge in [0.1, 0.15) is 6.04 Å². The summed E-state index contributed by atoms with van der Waals surface area (Å²) in [5, 5.41) is 9.17. The summed E-state index contributed by atoms with van der Waals surface area (Å²) in [5.74, 6) is -1.08. The Morgan fingerprint density at radius 2 is 1.74 bits per heavy atom. The number of carbonyl (C=O) groups is 3. The van der Waals surface area contributed by atoms with Gasteiger partial charge in [0.05, 0.1) is 16.6 Å². The molecule has 3 unspecified atom stereocenters. The first-order valence-corrected chi connectivity index (χ1v) is 17.6. The van der Waals surface area contributed by atoms with Gasteiger partial charge in [0, 0.05) is 48.4 Å². The predicted molar refractivity (Wildman–Crippen MR) is 177 cm³/mol. The Labute approximate surface area is 267 Å². The normalized spacial score (nSPS) is 28.6. The van der Waals surface area contributed by atoms with Crippen LogP contribution in [0, 0.1) is 17.3 Å². The third-order valence-corrected chi connectivity index (χ3v) is 12.3. The van der Waals surface area contributed by atoms with Crippen molar-refractivity contribution in [2.24, 2.45) is 17.3 Å². The largest absolute Gasteiger partial charge is 0.396 e. The van der Waals surface area contributed by atoms with Gasteiger partial charge in [0.25, 0.3) is 0 Å². The van der Waals surface area contributed by atoms with Crippen LogP contribution < -0.4 is 0 Å². The van der Waals surface area contributed by atoms with Gasteiger partial charge in [-0.25, -0.2) is 0 Å². The molecular weight excluding hydrogens is 614 g/mol. The van der Waals surface area contributed by atoms with Gasteiger partial charge in [-0.2, -0.15) is 0 Å². The molecule has 3 aliphatic heterocycles. The zero-order valence-electron chi connectivity index (χ0n) is 26.7. The van der Waals surface area contributed by atoms with Crippen molar-refractivity contribution in [3.63, 3.8) is 0 Å². The number of fused-ring (bicyclic) bond motifs is 1. The van der Waals surface area contributed by atoms with Gasteiger partial charge < -0.3 is 19.8 Å². The standard InChI is InChI=1S/C33H54BrN3O4S/c1-9-16-35(17-10-2)28(39)24-25-29(40)36(19-14-12-13-15-20-38)27(33(25)21-23(34)26(24)42-33)30(41)37(18-11-3)32(7,8)22-31(4,5)6/h9,11,23-27,38H,1,3,10,12-22H2,2,4-8H3/t23?,24-,25-,26-,27?,33?/m0/s1. The van der Waals surface area contributed by atoms with Crippen LogP contribution in [0.1, 0.15) is 86.5 Å². The van der Waals surface area contributed by atoms with E-state index in [0.717, 1.165) is 38.5 Å². The minimum atomic E-state index is -0.665. The molecule has 42 heavy (non-hydrogen) atoms. The average molecular weight is 669 g/mol. The van der Waals surface area contributed by atoms with Crippen LogP contribution in [0.5, 0.6) is 0 Å². The summed E-state index contributed by atoms with van der Waals surface area (Å²) in [6.07, 6.45) is 9.07. The first kappa shape index (κ1) is 35.2. The molecule has 3 aliphatic rings. The van der Waals surface area contributed by atoms with E-state index in [1.165, 1.54) is 0 Å². The number of hydrogen-bond donors (Lipinski definition) is 1. The molecule has 0 radical (unpaired) electrons. The highest BCUT2D eigenvalue weighted by molar-refractivity contribution is 9.09. The van der Waals surface area contributed by atoms with Crippen molar-refractivity contribution in [3.05, 3.63) is 25.3 Å². The van der Waals surface area contributed by atoms with Crippen molar-refractivity contribution < 1.29 is 19.5 Å². The molecule has 0 aliphatic carbocycles. The highest BCUT2D eigenvalue weighted by Gasteiger charge is 2.76. The molecule has 6 atom stereocenters. The monoisotopic (exact) mass is 667 g/mol. The Kier molecular flexibility index (Phi) is 11.9. The van der Waals surface area contributed by atoms with Crippen molar-refractivity contribution in [3.8, 4) is 0 Å². The van der Waals surface area contributed by atoms with Crippen molar-refractivity contribution in [1.82, 2.24) is 14.7 Å². The second-order valence-electron chi connectivity index (χ2n) is 14.2. The van der Waals surface area contributed by atoms with E-state index in [0.29, 0.717) is 32.6 Å². The van der Waals surface area contributed by atoms with E-state index in [2.05, 4.69) is 70.6 Å². The van der Waals surface area contributed by atoms with Crippen LogP contribution in [0.2, 0.25) is 0 Å². The van der Waals surface area contributed by atoms with Gasteiger partial charge in [-0.15, -0.1) is 24.9 Å². The number of amides is 3. The first-order valence-electron chi connectivity index (χ1n) is 15.8. The topological polar surface area (TPSA) is 81.2 Å². The Morgan fingerprint density at radius 3 is 2.31 bits per heavy atom. The maximum Gasteiger partial charge on any atom is 0.247 e. The molecule has 1 N–H and O–H groups in total. The molecule has 3 fully saturated rings. The summed E-state index contributed by atoms with van der Waals surface area (Å²) in [5.41, 5.74) is -0.463. The number of alkyl halides is 1. The number of likely N-dealkylation sites (tertiary alicyclic amines) is 1. The van der Waals surface area contributed by atoms with Gasteiger partial charge in [-0.3, -0.25) is 14.4 Å². The maximum atomic E-state index is 14.9. The summed E-state index contributed by atoms with van der Waals surface area (Å²) in [6.45, 7) is 22.8. The SMILES string of the molecule is C=CCN(CCC)C(=O)[C@H]1[C@H]2C(=O)N(CCCCCCO)C(C(=O)N(CC=C)C(C)(C)CC(C)(C)C)C23CC(Br)[C@@H]1S3. The Balaban J connectivity index is 2.07. The van der Waals surface area contributed by atoms with Crippen molar-refractivity contribution >= 4 is 45.4 Å². The molecule has 0 saturated carbocycles. The minimum Gasteiger partial charge on any atom is -0.396 e. The molecule has 1 spiro atoms. The van der Waals surface area contributed by atoms with E-state index >= 15 is 0 Å². The lowest BCUT2D eigenvalue weighted by molar-refractivity contribution is -0.147. The summed E-state index contributed by atoms with van der Waals surface area (Å²) in [4.78, 5) is 49.2. The van der Waals surface area contributed by atoms with Gasteiger partial charge in [0.2, 0.25) is 17.7 Å². The van der Waals surface area contributed by atoms with E-state index < -0.39 is 28.2 Å². The molecule has 3 amide bonds. The van der Waals surface area contributed by atoms with Crippen LogP contribution in [-0.4, -0.2) is 96.7 Å². The molecule has 3 rings (SSSR count). The first-order chi connectivity index (χ1) is 19.7. The van der Waals surface area contributed by atoms with E-state index in [4.69, 9.17) is 0 Å².